The summed E-state index contributed by atoms with van der Waals surface area (Å²) in [5.74, 6) is -0.112. The summed E-state index contributed by atoms with van der Waals surface area (Å²) in [5.41, 5.74) is 0.977. The summed E-state index contributed by atoms with van der Waals surface area (Å²) < 4.78 is 10.5. The lowest BCUT2D eigenvalue weighted by molar-refractivity contribution is -0.384. The molecule has 0 saturated carbocycles. The molecule has 1 N–H and O–H groups in total. The number of anilines is 2. The molecule has 142 valence electrons. The molecule has 27 heavy (non-hydrogen) atoms. The number of hydrogen-bond donors (Lipinski definition) is 1. The largest absolute Gasteiger partial charge is 0.496 e. The molecule has 0 aliphatic carbocycles. The monoisotopic (exact) mass is 391 g/mol. The average molecular weight is 392 g/mol. The summed E-state index contributed by atoms with van der Waals surface area (Å²) in [5, 5.41) is 14.6. The van der Waals surface area contributed by atoms with Crippen molar-refractivity contribution in [1.29, 1.82) is 0 Å². The molecule has 0 atom stereocenters. The number of nitrogens with one attached hydrogen (secondary N) is 1. The van der Waals surface area contributed by atoms with Crippen molar-refractivity contribution in [3.8, 4) is 5.75 Å². The van der Waals surface area contributed by atoms with Gasteiger partial charge >= 0.3 is 0 Å². The summed E-state index contributed by atoms with van der Waals surface area (Å²) in [6.07, 6.45) is 0. The maximum atomic E-state index is 12.6. The number of benzene rings is 2. The van der Waals surface area contributed by atoms with Gasteiger partial charge < -0.3 is 19.7 Å². The first kappa shape index (κ1) is 18.9. The Bertz CT molecular complexity index is 868. The van der Waals surface area contributed by atoms with Crippen LogP contribution in [0, 0.1) is 10.1 Å². The third-order valence-electron chi connectivity index (χ3n) is 4.19. The van der Waals surface area contributed by atoms with Crippen LogP contribution in [0.25, 0.3) is 0 Å². The van der Waals surface area contributed by atoms with E-state index >= 15 is 0 Å². The Morgan fingerprint density at radius 3 is 2.67 bits per heavy atom. The van der Waals surface area contributed by atoms with Crippen LogP contribution in [0.1, 0.15) is 10.4 Å². The lowest BCUT2D eigenvalue weighted by atomic mass is 10.1. The van der Waals surface area contributed by atoms with Gasteiger partial charge in [-0.3, -0.25) is 14.9 Å². The van der Waals surface area contributed by atoms with Gasteiger partial charge in [0.25, 0.3) is 11.6 Å². The van der Waals surface area contributed by atoms with E-state index in [2.05, 4.69) is 5.32 Å². The predicted octanol–water partition coefficient (Wildman–Crippen LogP) is 3.35. The minimum atomic E-state index is -0.470. The predicted molar refractivity (Wildman–Crippen MR) is 102 cm³/mol. The van der Waals surface area contributed by atoms with Crippen LogP contribution in [-0.2, 0) is 4.74 Å². The Morgan fingerprint density at radius 1 is 1.26 bits per heavy atom. The zero-order chi connectivity index (χ0) is 19.4. The van der Waals surface area contributed by atoms with Crippen LogP contribution in [-0.4, -0.2) is 44.2 Å². The minimum Gasteiger partial charge on any atom is -0.496 e. The van der Waals surface area contributed by atoms with Crippen LogP contribution in [0.3, 0.4) is 0 Å². The maximum absolute atomic E-state index is 12.6. The number of rotatable bonds is 5. The van der Waals surface area contributed by atoms with Gasteiger partial charge in [0.1, 0.15) is 11.4 Å². The second-order valence-corrected chi connectivity index (χ2v) is 6.30. The SMILES string of the molecule is COc1ccc(Cl)cc1C(=O)Nc1ccc(N2CCOCC2)c([N+](=O)[O-])c1. The highest BCUT2D eigenvalue weighted by molar-refractivity contribution is 6.31. The fraction of sp³-hybridized carbons (Fsp3) is 0.278. The highest BCUT2D eigenvalue weighted by Gasteiger charge is 2.23. The molecule has 2 aromatic carbocycles. The smallest absolute Gasteiger partial charge is 0.294 e. The van der Waals surface area contributed by atoms with Gasteiger partial charge in [0.05, 0.1) is 30.8 Å². The van der Waals surface area contributed by atoms with Gasteiger partial charge in [-0.15, -0.1) is 0 Å². The Morgan fingerprint density at radius 2 is 2.00 bits per heavy atom. The van der Waals surface area contributed by atoms with Gasteiger partial charge in [-0.05, 0) is 30.3 Å². The number of amides is 1. The number of carbonyl (C=O) groups excluding carboxylic acids is 1. The lowest BCUT2D eigenvalue weighted by Crippen LogP contribution is -2.36. The van der Waals surface area contributed by atoms with E-state index in [-0.39, 0.29) is 11.3 Å². The molecule has 1 aliphatic heterocycles. The van der Waals surface area contributed by atoms with Crippen molar-refractivity contribution in [3.63, 3.8) is 0 Å². The van der Waals surface area contributed by atoms with Crippen LogP contribution in [0.5, 0.6) is 5.75 Å². The Hall–Kier alpha value is -2.84. The number of nitro groups is 1. The first-order valence-corrected chi connectivity index (χ1v) is 8.63. The molecule has 1 fully saturated rings. The topological polar surface area (TPSA) is 93.9 Å². The first-order valence-electron chi connectivity index (χ1n) is 8.25. The molecule has 1 amide bonds. The van der Waals surface area contributed by atoms with Gasteiger partial charge in [0.15, 0.2) is 0 Å². The van der Waals surface area contributed by atoms with Crippen molar-refractivity contribution in [2.24, 2.45) is 0 Å². The first-order chi connectivity index (χ1) is 13.0. The van der Waals surface area contributed by atoms with E-state index in [0.29, 0.717) is 48.5 Å². The molecule has 2 aromatic rings. The van der Waals surface area contributed by atoms with E-state index in [4.69, 9.17) is 21.1 Å². The molecule has 1 aliphatic rings. The Kier molecular flexibility index (Phi) is 5.78. The lowest BCUT2D eigenvalue weighted by Gasteiger charge is -2.28. The minimum absolute atomic E-state index is 0.0761. The summed E-state index contributed by atoms with van der Waals surface area (Å²) >= 11 is 5.95. The van der Waals surface area contributed by atoms with Gasteiger partial charge in [0, 0.05) is 29.9 Å². The van der Waals surface area contributed by atoms with Crippen LogP contribution in [0.4, 0.5) is 17.1 Å². The fourth-order valence-electron chi connectivity index (χ4n) is 2.88. The van der Waals surface area contributed by atoms with Crippen LogP contribution >= 0.6 is 11.6 Å². The van der Waals surface area contributed by atoms with Crippen LogP contribution < -0.4 is 15.0 Å². The van der Waals surface area contributed by atoms with Crippen molar-refractivity contribution in [1.82, 2.24) is 0 Å². The molecular formula is C18H18ClN3O5. The molecular weight excluding hydrogens is 374 g/mol. The van der Waals surface area contributed by atoms with E-state index in [1.165, 1.54) is 19.2 Å². The second-order valence-electron chi connectivity index (χ2n) is 5.86. The second kappa shape index (κ2) is 8.24. The number of carbonyl (C=O) groups is 1. The van der Waals surface area contributed by atoms with Crippen molar-refractivity contribution in [2.75, 3.05) is 43.6 Å². The van der Waals surface area contributed by atoms with Gasteiger partial charge in [0.2, 0.25) is 0 Å². The number of ether oxygens (including phenoxy) is 2. The van der Waals surface area contributed by atoms with Gasteiger partial charge in [-0.1, -0.05) is 11.6 Å². The standard InChI is InChI=1S/C18H18ClN3O5/c1-26-17-5-2-12(19)10-14(17)18(23)20-13-3-4-15(16(11-13)22(24)25)21-6-8-27-9-7-21/h2-5,10-11H,6-9H2,1H3,(H,20,23). The molecule has 8 nitrogen and oxygen atoms in total. The van der Waals surface area contributed by atoms with Crippen molar-refractivity contribution in [3.05, 3.63) is 57.1 Å². The summed E-state index contributed by atoms with van der Waals surface area (Å²) in [4.78, 5) is 25.5. The fourth-order valence-corrected chi connectivity index (χ4v) is 3.05. The zero-order valence-corrected chi connectivity index (χ0v) is 15.4. The summed E-state index contributed by atoms with van der Waals surface area (Å²) in [6.45, 7) is 2.19. The Labute approximate surface area is 160 Å². The molecule has 9 heteroatoms. The molecule has 0 radical (unpaired) electrons. The third-order valence-corrected chi connectivity index (χ3v) is 4.42. The van der Waals surface area contributed by atoms with Crippen molar-refractivity contribution in [2.45, 2.75) is 0 Å². The summed E-state index contributed by atoms with van der Waals surface area (Å²) in [7, 11) is 1.45. The van der Waals surface area contributed by atoms with E-state index in [9.17, 15) is 14.9 Å². The average Bonchev–Trinajstić information content (AvgIpc) is 2.68. The zero-order valence-electron chi connectivity index (χ0n) is 14.6. The van der Waals surface area contributed by atoms with E-state index in [1.54, 1.807) is 24.3 Å². The number of halogens is 1. The molecule has 0 aromatic heterocycles. The highest BCUT2D eigenvalue weighted by atomic mass is 35.5. The van der Waals surface area contributed by atoms with Crippen molar-refractivity contribution >= 4 is 34.6 Å². The molecule has 1 saturated heterocycles. The molecule has 0 bridgehead atoms. The van der Waals surface area contributed by atoms with E-state index < -0.39 is 10.8 Å². The van der Waals surface area contributed by atoms with E-state index in [1.807, 2.05) is 4.90 Å². The highest BCUT2D eigenvalue weighted by Crippen LogP contribution is 2.32. The molecule has 3 rings (SSSR count). The summed E-state index contributed by atoms with van der Waals surface area (Å²) in [6, 6.07) is 9.29. The number of nitrogens with zero attached hydrogens (tertiary/aromatic N) is 2. The normalized spacial score (nSPS) is 13.9. The molecule has 0 spiro atoms. The molecule has 1 heterocycles. The Balaban J connectivity index is 1.87. The number of hydrogen-bond acceptors (Lipinski definition) is 6. The number of morpholine rings is 1. The van der Waals surface area contributed by atoms with E-state index in [0.717, 1.165) is 0 Å². The number of methoxy groups -OCH3 is 1. The molecule has 0 unspecified atom stereocenters. The van der Waals surface area contributed by atoms with Gasteiger partial charge in [-0.2, -0.15) is 0 Å². The van der Waals surface area contributed by atoms with Crippen LogP contribution in [0.2, 0.25) is 5.02 Å². The van der Waals surface area contributed by atoms with Crippen LogP contribution in [0.15, 0.2) is 36.4 Å². The number of nitro benzene ring substituents is 1. The maximum Gasteiger partial charge on any atom is 0.294 e. The third kappa shape index (κ3) is 4.29. The van der Waals surface area contributed by atoms with Gasteiger partial charge in [-0.25, -0.2) is 0 Å². The quantitative estimate of drug-likeness (QED) is 0.620. The van der Waals surface area contributed by atoms with Crippen molar-refractivity contribution < 1.29 is 19.2 Å².